The summed E-state index contributed by atoms with van der Waals surface area (Å²) in [6.07, 6.45) is 1.31. The van der Waals surface area contributed by atoms with E-state index in [1.807, 2.05) is 6.07 Å². The van der Waals surface area contributed by atoms with E-state index in [0.29, 0.717) is 0 Å². The number of ether oxygens (including phenoxy) is 1. The van der Waals surface area contributed by atoms with Crippen LogP contribution >= 0.6 is 0 Å². The second-order valence-corrected chi connectivity index (χ2v) is 4.88. The van der Waals surface area contributed by atoms with Gasteiger partial charge in [0.1, 0.15) is 11.9 Å². The van der Waals surface area contributed by atoms with Crippen molar-refractivity contribution in [3.8, 4) is 0 Å². The molecular weight excluding hydrogens is 179 g/mol. The van der Waals surface area contributed by atoms with E-state index in [1.54, 1.807) is 6.07 Å². The molecule has 1 aromatic rings. The maximum atomic E-state index is 13.6. The Kier molecular flexibility index (Phi) is 1.43. The monoisotopic (exact) mass is 192 g/mol. The summed E-state index contributed by atoms with van der Waals surface area (Å²) >= 11 is 0. The van der Waals surface area contributed by atoms with E-state index in [0.717, 1.165) is 17.5 Å². The number of benzene rings is 1. The van der Waals surface area contributed by atoms with Crippen molar-refractivity contribution < 1.29 is 9.13 Å². The minimum Gasteiger partial charge on any atom is -0.364 e. The summed E-state index contributed by atoms with van der Waals surface area (Å²) in [7, 11) is 0. The van der Waals surface area contributed by atoms with Crippen molar-refractivity contribution in [1.82, 2.24) is 0 Å². The van der Waals surface area contributed by atoms with Crippen LogP contribution in [0.15, 0.2) is 18.2 Å². The molecule has 0 bridgehead atoms. The molecular formula is C12H13FO. The van der Waals surface area contributed by atoms with Gasteiger partial charge in [-0.2, -0.15) is 0 Å². The molecule has 14 heavy (non-hydrogen) atoms. The molecule has 1 aliphatic heterocycles. The molecule has 1 saturated heterocycles. The maximum Gasteiger partial charge on any atom is 0.129 e. The molecule has 1 nitrogen and oxygen atoms in total. The van der Waals surface area contributed by atoms with Crippen LogP contribution in [0.4, 0.5) is 4.39 Å². The third-order valence-electron chi connectivity index (χ3n) is 3.36. The van der Waals surface area contributed by atoms with Crippen molar-refractivity contribution in [3.63, 3.8) is 0 Å². The minimum absolute atomic E-state index is 0.0409. The summed E-state index contributed by atoms with van der Waals surface area (Å²) in [6, 6.07) is 5.34. The lowest BCUT2D eigenvalue weighted by molar-refractivity contribution is 0.344. The second kappa shape index (κ2) is 2.37. The Morgan fingerprint density at radius 1 is 1.43 bits per heavy atom. The average Bonchev–Trinajstić information content (AvgIpc) is 2.82. The highest BCUT2D eigenvalue weighted by atomic mass is 19.1. The lowest BCUT2D eigenvalue weighted by atomic mass is 9.73. The zero-order valence-corrected chi connectivity index (χ0v) is 8.38. The summed E-state index contributed by atoms with van der Waals surface area (Å²) in [5.41, 5.74) is 1.97. The van der Waals surface area contributed by atoms with Gasteiger partial charge < -0.3 is 4.74 Å². The van der Waals surface area contributed by atoms with Crippen LogP contribution in [0.5, 0.6) is 0 Å². The molecule has 0 spiro atoms. The van der Waals surface area contributed by atoms with Crippen LogP contribution < -0.4 is 0 Å². The van der Waals surface area contributed by atoms with Crippen LogP contribution in [-0.2, 0) is 10.2 Å². The molecule has 1 heterocycles. The topological polar surface area (TPSA) is 12.5 Å². The van der Waals surface area contributed by atoms with Crippen LogP contribution in [-0.4, -0.2) is 6.10 Å². The highest BCUT2D eigenvalue weighted by Gasteiger charge is 2.51. The van der Waals surface area contributed by atoms with E-state index < -0.39 is 0 Å². The van der Waals surface area contributed by atoms with Crippen LogP contribution in [0.3, 0.4) is 0 Å². The Morgan fingerprint density at radius 3 is 3.00 bits per heavy atom. The zero-order chi connectivity index (χ0) is 9.92. The van der Waals surface area contributed by atoms with Gasteiger partial charge >= 0.3 is 0 Å². The van der Waals surface area contributed by atoms with Crippen molar-refractivity contribution in [1.29, 1.82) is 0 Å². The third-order valence-corrected chi connectivity index (χ3v) is 3.36. The van der Waals surface area contributed by atoms with Gasteiger partial charge in [0.05, 0.1) is 6.10 Å². The van der Waals surface area contributed by atoms with Crippen molar-refractivity contribution in [2.24, 2.45) is 0 Å². The Morgan fingerprint density at radius 2 is 2.21 bits per heavy atom. The van der Waals surface area contributed by atoms with E-state index in [4.69, 9.17) is 4.74 Å². The van der Waals surface area contributed by atoms with Crippen molar-refractivity contribution in [2.45, 2.75) is 37.9 Å². The van der Waals surface area contributed by atoms with Gasteiger partial charge in [-0.05, 0) is 23.5 Å². The average molecular weight is 192 g/mol. The number of fused-ring (bicyclic) bond motifs is 3. The van der Waals surface area contributed by atoms with Gasteiger partial charge in [-0.1, -0.05) is 26.0 Å². The Labute approximate surface area is 82.9 Å². The summed E-state index contributed by atoms with van der Waals surface area (Å²) < 4.78 is 19.1. The first-order valence-electron chi connectivity index (χ1n) is 5.04. The number of epoxide rings is 1. The first kappa shape index (κ1) is 8.42. The van der Waals surface area contributed by atoms with E-state index >= 15 is 0 Å². The fourth-order valence-electron chi connectivity index (χ4n) is 2.58. The van der Waals surface area contributed by atoms with Crippen molar-refractivity contribution in [2.75, 3.05) is 0 Å². The molecule has 1 fully saturated rings. The quantitative estimate of drug-likeness (QED) is 0.576. The zero-order valence-electron chi connectivity index (χ0n) is 8.38. The largest absolute Gasteiger partial charge is 0.364 e. The molecule has 0 aromatic heterocycles. The van der Waals surface area contributed by atoms with Gasteiger partial charge in [-0.25, -0.2) is 4.39 Å². The van der Waals surface area contributed by atoms with Gasteiger partial charge in [0, 0.05) is 5.56 Å². The highest BCUT2D eigenvalue weighted by Crippen LogP contribution is 2.54. The lowest BCUT2D eigenvalue weighted by Crippen LogP contribution is -2.26. The van der Waals surface area contributed by atoms with E-state index in [-0.39, 0.29) is 23.4 Å². The lowest BCUT2D eigenvalue weighted by Gasteiger charge is -2.30. The minimum atomic E-state index is -0.109. The molecule has 74 valence electrons. The third kappa shape index (κ3) is 0.976. The fourth-order valence-corrected chi connectivity index (χ4v) is 2.58. The highest BCUT2D eigenvalue weighted by molar-refractivity contribution is 5.42. The Balaban J connectivity index is 2.24. The van der Waals surface area contributed by atoms with Crippen LogP contribution in [0.2, 0.25) is 0 Å². The Bertz CT molecular complexity index is 397. The van der Waals surface area contributed by atoms with Gasteiger partial charge in [-0.15, -0.1) is 0 Å². The van der Waals surface area contributed by atoms with Gasteiger partial charge in [0.2, 0.25) is 0 Å². The molecule has 0 radical (unpaired) electrons. The smallest absolute Gasteiger partial charge is 0.129 e. The van der Waals surface area contributed by atoms with E-state index in [2.05, 4.69) is 13.8 Å². The predicted octanol–water partition coefficient (Wildman–Crippen LogP) is 2.95. The fraction of sp³-hybridized carbons (Fsp3) is 0.500. The molecule has 1 aromatic carbocycles. The first-order chi connectivity index (χ1) is 6.59. The summed E-state index contributed by atoms with van der Waals surface area (Å²) in [5, 5.41) is 0. The Hall–Kier alpha value is -0.890. The second-order valence-electron chi connectivity index (χ2n) is 4.88. The van der Waals surface area contributed by atoms with Gasteiger partial charge in [0.25, 0.3) is 0 Å². The predicted molar refractivity (Wildman–Crippen MR) is 51.7 cm³/mol. The van der Waals surface area contributed by atoms with Crippen LogP contribution in [0.25, 0.3) is 0 Å². The number of rotatable bonds is 0. The van der Waals surface area contributed by atoms with Crippen molar-refractivity contribution in [3.05, 3.63) is 35.1 Å². The summed E-state index contributed by atoms with van der Waals surface area (Å²) in [6.45, 7) is 4.31. The molecule has 2 aliphatic rings. The molecule has 0 amide bonds. The molecule has 2 atom stereocenters. The number of hydrogen-bond donors (Lipinski definition) is 0. The van der Waals surface area contributed by atoms with Crippen molar-refractivity contribution >= 4 is 0 Å². The van der Waals surface area contributed by atoms with Crippen LogP contribution in [0.1, 0.15) is 37.5 Å². The molecule has 2 heteroatoms. The van der Waals surface area contributed by atoms with E-state index in [9.17, 15) is 4.39 Å². The molecule has 3 rings (SSSR count). The molecule has 2 unspecified atom stereocenters. The number of halogens is 1. The standard InChI is InChI=1S/C12H13FO/c1-12(2)6-9-11(14-9)10-7(12)4-3-5-8(10)13/h3-5,9,11H,6H2,1-2H3. The molecule has 0 saturated carbocycles. The normalized spacial score (nSPS) is 31.9. The SMILES string of the molecule is CC1(C)CC2OC2c2c(F)cccc21. The molecule has 1 aliphatic carbocycles. The van der Waals surface area contributed by atoms with E-state index in [1.165, 1.54) is 6.07 Å². The summed E-state index contributed by atoms with van der Waals surface area (Å²) in [5.74, 6) is -0.109. The van der Waals surface area contributed by atoms with Gasteiger partial charge in [0.15, 0.2) is 0 Å². The maximum absolute atomic E-state index is 13.6. The van der Waals surface area contributed by atoms with Gasteiger partial charge in [-0.3, -0.25) is 0 Å². The number of hydrogen-bond acceptors (Lipinski definition) is 1. The van der Waals surface area contributed by atoms with Crippen LogP contribution in [0, 0.1) is 5.82 Å². The first-order valence-corrected chi connectivity index (χ1v) is 5.04. The molecule has 0 N–H and O–H groups in total. The summed E-state index contributed by atoms with van der Waals surface area (Å²) in [4.78, 5) is 0.